The third kappa shape index (κ3) is 6.74. The Morgan fingerprint density at radius 1 is 1.15 bits per heavy atom. The van der Waals surface area contributed by atoms with Crippen LogP contribution in [0.25, 0.3) is 0 Å². The van der Waals surface area contributed by atoms with E-state index in [1.54, 1.807) is 29.2 Å². The molecule has 4 rings (SSSR count). The van der Waals surface area contributed by atoms with Gasteiger partial charge in [-0.2, -0.15) is 4.72 Å². The maximum atomic E-state index is 13.7. The summed E-state index contributed by atoms with van der Waals surface area (Å²) >= 11 is 7.03. The molecule has 3 amide bonds. The third-order valence-corrected chi connectivity index (χ3v) is 9.74. The molecule has 2 N–H and O–H groups in total. The second-order valence-electron chi connectivity index (χ2n) is 9.68. The lowest BCUT2D eigenvalue weighted by atomic mass is 10.0. The predicted molar refractivity (Wildman–Crippen MR) is 150 cm³/mol. The van der Waals surface area contributed by atoms with Crippen molar-refractivity contribution in [3.8, 4) is 5.75 Å². The molecule has 2 saturated heterocycles. The highest BCUT2D eigenvalue weighted by molar-refractivity contribution is 7.89. The van der Waals surface area contributed by atoms with Crippen molar-refractivity contribution in [3.63, 3.8) is 0 Å². The van der Waals surface area contributed by atoms with E-state index in [-0.39, 0.29) is 29.1 Å². The number of para-hydroxylation sites is 1. The van der Waals surface area contributed by atoms with Crippen LogP contribution in [0.3, 0.4) is 0 Å². The number of anilines is 1. The molecule has 39 heavy (non-hydrogen) atoms. The zero-order chi connectivity index (χ0) is 28.2. The van der Waals surface area contributed by atoms with Gasteiger partial charge in [0.1, 0.15) is 10.9 Å². The number of halogens is 1. The highest BCUT2D eigenvalue weighted by atomic mass is 35.5. The van der Waals surface area contributed by atoms with Crippen LogP contribution in [-0.4, -0.2) is 69.9 Å². The van der Waals surface area contributed by atoms with Crippen LogP contribution >= 0.6 is 22.9 Å². The first-order valence-electron chi connectivity index (χ1n) is 13.0. The van der Waals surface area contributed by atoms with Gasteiger partial charge in [-0.05, 0) is 63.3 Å². The van der Waals surface area contributed by atoms with Gasteiger partial charge >= 0.3 is 0 Å². The summed E-state index contributed by atoms with van der Waals surface area (Å²) in [5, 5.41) is 2.67. The van der Waals surface area contributed by atoms with E-state index in [2.05, 4.69) is 10.0 Å². The van der Waals surface area contributed by atoms with E-state index >= 15 is 0 Å². The fourth-order valence-corrected chi connectivity index (χ4v) is 7.30. The molecule has 13 heteroatoms. The molecule has 0 spiro atoms. The highest BCUT2D eigenvalue weighted by Gasteiger charge is 2.35. The fraction of sp³-hybridized carbons (Fsp3) is 0.500. The van der Waals surface area contributed by atoms with Gasteiger partial charge in [0.2, 0.25) is 21.8 Å². The average Bonchev–Trinajstić information content (AvgIpc) is 3.37. The Morgan fingerprint density at radius 3 is 2.59 bits per heavy atom. The summed E-state index contributed by atoms with van der Waals surface area (Å²) in [6.45, 7) is 2.63. The van der Waals surface area contributed by atoms with Crippen LogP contribution in [0.4, 0.5) is 5.69 Å². The van der Waals surface area contributed by atoms with E-state index < -0.39 is 27.9 Å². The van der Waals surface area contributed by atoms with Gasteiger partial charge in [0.05, 0.1) is 22.0 Å². The molecule has 10 nitrogen and oxygen atoms in total. The summed E-state index contributed by atoms with van der Waals surface area (Å²) < 4.78 is 35.9. The molecule has 2 atom stereocenters. The Balaban J connectivity index is 1.63. The standard InChI is InChI=1S/C26H33ClN4O6S2/c1-17-8-3-5-14-30(17)26(34)18(16-28-25(33)20-12-13-22(27)38-20)29-39(35,36)21-10-7-9-19(24(21)37-2)31-15-6-4-11-23(31)32/h7,9-10,12-13,17-18,29H,3-6,8,11,14-16H2,1-2H3,(H,28,33)/t17?,18-/m0/s1. The molecule has 1 aromatic heterocycles. The Kier molecular flexibility index (Phi) is 9.52. The van der Waals surface area contributed by atoms with Crippen LogP contribution in [0, 0.1) is 0 Å². The van der Waals surface area contributed by atoms with Crippen LogP contribution in [0.15, 0.2) is 35.2 Å². The normalized spacial score (nSPS) is 19.1. The van der Waals surface area contributed by atoms with Crippen LogP contribution in [0.2, 0.25) is 4.34 Å². The molecule has 2 aromatic rings. The van der Waals surface area contributed by atoms with Crippen LogP contribution in [0.5, 0.6) is 5.75 Å². The maximum Gasteiger partial charge on any atom is 0.261 e. The highest BCUT2D eigenvalue weighted by Crippen LogP contribution is 2.36. The number of benzene rings is 1. The van der Waals surface area contributed by atoms with Gasteiger partial charge < -0.3 is 19.9 Å². The minimum absolute atomic E-state index is 0.0232. The Bertz CT molecular complexity index is 1330. The topological polar surface area (TPSA) is 125 Å². The van der Waals surface area contributed by atoms with Gasteiger partial charge in [-0.25, -0.2) is 8.42 Å². The summed E-state index contributed by atoms with van der Waals surface area (Å²) in [6, 6.07) is 6.39. The first kappa shape index (κ1) is 29.3. The van der Waals surface area contributed by atoms with E-state index in [0.29, 0.717) is 34.4 Å². The summed E-state index contributed by atoms with van der Waals surface area (Å²) in [5.74, 6) is -0.962. The van der Waals surface area contributed by atoms with Crippen molar-refractivity contribution in [2.24, 2.45) is 0 Å². The van der Waals surface area contributed by atoms with E-state index in [1.165, 1.54) is 18.1 Å². The van der Waals surface area contributed by atoms with Gasteiger partial charge in [-0.1, -0.05) is 17.7 Å². The number of rotatable bonds is 9. The van der Waals surface area contributed by atoms with Crippen molar-refractivity contribution >= 4 is 56.4 Å². The minimum Gasteiger partial charge on any atom is -0.493 e. The molecule has 2 aliphatic rings. The average molecular weight is 597 g/mol. The largest absolute Gasteiger partial charge is 0.493 e. The molecule has 1 aromatic carbocycles. The van der Waals surface area contributed by atoms with Crippen LogP contribution in [-0.2, 0) is 19.6 Å². The minimum atomic E-state index is -4.32. The molecular weight excluding hydrogens is 564 g/mol. The number of nitrogens with one attached hydrogen (secondary N) is 2. The molecule has 2 aliphatic heterocycles. The number of carbonyl (C=O) groups excluding carboxylic acids is 3. The van der Waals surface area contributed by atoms with Crippen molar-refractivity contribution in [3.05, 3.63) is 39.5 Å². The number of nitrogens with zero attached hydrogens (tertiary/aromatic N) is 2. The van der Waals surface area contributed by atoms with E-state index in [1.807, 2.05) is 6.92 Å². The fourth-order valence-electron chi connectivity index (χ4n) is 4.97. The smallest absolute Gasteiger partial charge is 0.261 e. The molecule has 1 unspecified atom stereocenters. The second-order valence-corrected chi connectivity index (χ2v) is 13.1. The van der Waals surface area contributed by atoms with E-state index in [9.17, 15) is 22.8 Å². The zero-order valence-electron chi connectivity index (χ0n) is 21.9. The number of thiophene rings is 1. The molecule has 0 radical (unpaired) electrons. The number of sulfonamides is 1. The number of hydrogen-bond donors (Lipinski definition) is 2. The summed E-state index contributed by atoms with van der Waals surface area (Å²) in [4.78, 5) is 42.2. The lowest BCUT2D eigenvalue weighted by molar-refractivity contribution is -0.136. The van der Waals surface area contributed by atoms with Gasteiger partial charge in [-0.15, -0.1) is 11.3 Å². The van der Waals surface area contributed by atoms with Gasteiger partial charge in [-0.3, -0.25) is 14.4 Å². The van der Waals surface area contributed by atoms with Crippen molar-refractivity contribution in [2.45, 2.75) is 62.4 Å². The summed E-state index contributed by atoms with van der Waals surface area (Å²) in [5.41, 5.74) is 0.362. The number of amides is 3. The quantitative estimate of drug-likeness (QED) is 0.457. The van der Waals surface area contributed by atoms with Crippen LogP contribution < -0.4 is 19.7 Å². The Morgan fingerprint density at radius 2 is 1.92 bits per heavy atom. The number of hydrogen-bond acceptors (Lipinski definition) is 7. The molecule has 0 aliphatic carbocycles. The van der Waals surface area contributed by atoms with Gasteiger partial charge in [0, 0.05) is 32.1 Å². The second kappa shape index (κ2) is 12.7. The number of methoxy groups -OCH3 is 1. The molecule has 3 heterocycles. The number of carbonyl (C=O) groups is 3. The lowest BCUT2D eigenvalue weighted by Gasteiger charge is -2.36. The molecule has 212 valence electrons. The summed E-state index contributed by atoms with van der Waals surface area (Å²) in [6.07, 6.45) is 4.55. The predicted octanol–water partition coefficient (Wildman–Crippen LogP) is 3.40. The van der Waals surface area contributed by atoms with E-state index in [4.69, 9.17) is 16.3 Å². The van der Waals surface area contributed by atoms with Crippen LogP contribution in [0.1, 0.15) is 55.1 Å². The monoisotopic (exact) mass is 596 g/mol. The first-order valence-corrected chi connectivity index (χ1v) is 15.6. The number of ether oxygens (including phenoxy) is 1. The first-order chi connectivity index (χ1) is 18.6. The third-order valence-electron chi connectivity index (χ3n) is 7.01. The van der Waals surface area contributed by atoms with Gasteiger partial charge in [0.15, 0.2) is 5.75 Å². The molecular formula is C26H33ClN4O6S2. The molecule has 0 saturated carbocycles. The van der Waals surface area contributed by atoms with Crippen molar-refractivity contribution < 1.29 is 27.5 Å². The molecule has 2 fully saturated rings. The zero-order valence-corrected chi connectivity index (χ0v) is 24.3. The maximum absolute atomic E-state index is 13.7. The Hall–Kier alpha value is -2.67. The number of piperidine rings is 2. The van der Waals surface area contributed by atoms with Crippen molar-refractivity contribution in [2.75, 3.05) is 31.6 Å². The Labute approximate surface area is 237 Å². The number of likely N-dealkylation sites (tertiary alicyclic amines) is 1. The van der Waals surface area contributed by atoms with Gasteiger partial charge in [0.25, 0.3) is 5.91 Å². The van der Waals surface area contributed by atoms with Crippen molar-refractivity contribution in [1.29, 1.82) is 0 Å². The van der Waals surface area contributed by atoms with E-state index in [0.717, 1.165) is 43.4 Å². The lowest BCUT2D eigenvalue weighted by Crippen LogP contribution is -2.56. The molecule has 0 bridgehead atoms. The summed E-state index contributed by atoms with van der Waals surface area (Å²) in [7, 11) is -2.98. The van der Waals surface area contributed by atoms with Crippen molar-refractivity contribution in [1.82, 2.24) is 14.9 Å². The SMILES string of the molecule is COc1c(N2CCCCC2=O)cccc1S(=O)(=O)N[C@@H](CNC(=O)c1ccc(Cl)s1)C(=O)N1CCCCC1C.